The zero-order valence-electron chi connectivity index (χ0n) is 11.2. The van der Waals surface area contributed by atoms with Gasteiger partial charge in [0.2, 0.25) is 0 Å². The highest BCUT2D eigenvalue weighted by molar-refractivity contribution is 5.72. The van der Waals surface area contributed by atoms with E-state index in [4.69, 9.17) is 22.3 Å². The summed E-state index contributed by atoms with van der Waals surface area (Å²) in [6.45, 7) is 1.34. The van der Waals surface area contributed by atoms with Crippen LogP contribution in [0.25, 0.3) is 0 Å². The van der Waals surface area contributed by atoms with Crippen molar-refractivity contribution in [3.05, 3.63) is 18.2 Å². The first-order valence-electron chi connectivity index (χ1n) is 6.48. The Bertz CT molecular complexity index is 316. The number of carboxylic acid groups (broad SMARTS) is 1. The number of nitrogens with one attached hydrogen (secondary N) is 1. The third kappa shape index (κ3) is 10.2. The van der Waals surface area contributed by atoms with Gasteiger partial charge in [0.15, 0.2) is 0 Å². The maximum Gasteiger partial charge on any atom is 0.320 e. The molecule has 0 amide bonds. The van der Waals surface area contributed by atoms with Crippen molar-refractivity contribution in [2.24, 2.45) is 17.2 Å². The Labute approximate surface area is 113 Å². The lowest BCUT2D eigenvalue weighted by molar-refractivity contribution is -0.138. The molecule has 0 fully saturated rings. The Morgan fingerprint density at radius 3 is 2.47 bits per heavy atom. The number of aliphatic carboxylic acids is 1. The number of nitrogens with two attached hydrogens (primary N) is 3. The summed E-state index contributed by atoms with van der Waals surface area (Å²) in [5.41, 5.74) is 15.7. The molecule has 8 N–H and O–H groups in total. The van der Waals surface area contributed by atoms with Crippen LogP contribution in [-0.4, -0.2) is 40.2 Å². The van der Waals surface area contributed by atoms with E-state index in [1.165, 1.54) is 0 Å². The van der Waals surface area contributed by atoms with E-state index in [0.717, 1.165) is 38.1 Å². The zero-order valence-corrected chi connectivity index (χ0v) is 11.2. The van der Waals surface area contributed by atoms with Crippen molar-refractivity contribution in [2.45, 2.75) is 38.1 Å². The standard InChI is InChI=1S/C6H11N3.C6H14N2O2/c7-3-1-2-6-8-4-5-9-6;7-4-2-1-3-5(8)6(9)10/h4-5H,1-3,7H2,(H,8,9);5H,1-4,7-8H2,(H,9,10)/t;5-/m.0/s1. The molecule has 0 aliphatic carbocycles. The van der Waals surface area contributed by atoms with E-state index < -0.39 is 12.0 Å². The van der Waals surface area contributed by atoms with E-state index in [0.29, 0.717) is 13.0 Å². The number of rotatable bonds is 8. The fourth-order valence-electron chi connectivity index (χ4n) is 1.34. The molecule has 1 atom stereocenters. The molecular weight excluding hydrogens is 246 g/mol. The molecule has 0 saturated heterocycles. The first-order chi connectivity index (χ1) is 9.11. The topological polar surface area (TPSA) is 144 Å². The smallest absolute Gasteiger partial charge is 0.320 e. The number of imidazole rings is 1. The second-order valence-corrected chi connectivity index (χ2v) is 4.16. The van der Waals surface area contributed by atoms with Crippen molar-refractivity contribution < 1.29 is 9.90 Å². The molecule has 0 aromatic carbocycles. The number of hydrogen-bond acceptors (Lipinski definition) is 5. The Hall–Kier alpha value is -1.44. The van der Waals surface area contributed by atoms with Gasteiger partial charge in [0.25, 0.3) is 0 Å². The molecule has 7 nitrogen and oxygen atoms in total. The lowest BCUT2D eigenvalue weighted by Crippen LogP contribution is -2.29. The van der Waals surface area contributed by atoms with Gasteiger partial charge < -0.3 is 27.3 Å². The molecule has 0 radical (unpaired) electrons. The molecule has 0 aliphatic heterocycles. The molecule has 1 rings (SSSR count). The number of carboxylic acids is 1. The summed E-state index contributed by atoms with van der Waals surface area (Å²) in [6.07, 6.45) is 7.71. The van der Waals surface area contributed by atoms with Crippen molar-refractivity contribution in [1.29, 1.82) is 0 Å². The normalized spacial score (nSPS) is 11.5. The minimum Gasteiger partial charge on any atom is -0.480 e. The van der Waals surface area contributed by atoms with E-state index in [9.17, 15) is 4.79 Å². The van der Waals surface area contributed by atoms with Gasteiger partial charge in [-0.2, -0.15) is 0 Å². The van der Waals surface area contributed by atoms with Crippen LogP contribution in [0.3, 0.4) is 0 Å². The van der Waals surface area contributed by atoms with Crippen LogP contribution in [0.2, 0.25) is 0 Å². The summed E-state index contributed by atoms with van der Waals surface area (Å²) in [4.78, 5) is 17.2. The number of aromatic amines is 1. The second-order valence-electron chi connectivity index (χ2n) is 4.16. The number of aromatic nitrogens is 2. The van der Waals surface area contributed by atoms with E-state index in [-0.39, 0.29) is 0 Å². The minimum absolute atomic E-state index is 0.520. The molecule has 0 unspecified atom stereocenters. The van der Waals surface area contributed by atoms with Gasteiger partial charge in [0, 0.05) is 18.8 Å². The second kappa shape index (κ2) is 11.6. The van der Waals surface area contributed by atoms with Crippen LogP contribution >= 0.6 is 0 Å². The predicted octanol–water partition coefficient (Wildman–Crippen LogP) is -0.172. The molecular formula is C12H25N5O2. The van der Waals surface area contributed by atoms with E-state index >= 15 is 0 Å². The van der Waals surface area contributed by atoms with Crippen LogP contribution in [0.4, 0.5) is 0 Å². The number of H-pyrrole nitrogens is 1. The number of nitrogens with zero attached hydrogens (tertiary/aromatic N) is 1. The monoisotopic (exact) mass is 271 g/mol. The van der Waals surface area contributed by atoms with Gasteiger partial charge in [0.05, 0.1) is 0 Å². The quantitative estimate of drug-likeness (QED) is 0.415. The van der Waals surface area contributed by atoms with Crippen LogP contribution in [0.5, 0.6) is 0 Å². The molecule has 1 heterocycles. The van der Waals surface area contributed by atoms with Crippen molar-refractivity contribution in [3.8, 4) is 0 Å². The SMILES string of the molecule is NCCCC[C@H](N)C(=O)O.NCCCc1ncc[nH]1. The molecule has 0 aliphatic rings. The summed E-state index contributed by atoms with van der Waals surface area (Å²) in [5.74, 6) is 0.0949. The summed E-state index contributed by atoms with van der Waals surface area (Å²) in [7, 11) is 0. The molecule has 19 heavy (non-hydrogen) atoms. The zero-order chi connectivity index (χ0) is 14.5. The lowest BCUT2D eigenvalue weighted by atomic mass is 10.1. The fourth-order valence-corrected chi connectivity index (χ4v) is 1.34. The van der Waals surface area contributed by atoms with Crippen molar-refractivity contribution in [3.63, 3.8) is 0 Å². The first-order valence-corrected chi connectivity index (χ1v) is 6.48. The third-order valence-electron chi connectivity index (χ3n) is 2.46. The summed E-state index contributed by atoms with van der Waals surface area (Å²) in [5, 5.41) is 8.33. The van der Waals surface area contributed by atoms with E-state index in [1.54, 1.807) is 6.20 Å². The highest BCUT2D eigenvalue weighted by Gasteiger charge is 2.09. The summed E-state index contributed by atoms with van der Waals surface area (Å²) in [6, 6.07) is -0.716. The molecule has 110 valence electrons. The Morgan fingerprint density at radius 2 is 2.00 bits per heavy atom. The van der Waals surface area contributed by atoms with Gasteiger partial charge in [-0.25, -0.2) is 4.98 Å². The van der Waals surface area contributed by atoms with Gasteiger partial charge >= 0.3 is 5.97 Å². The highest BCUT2D eigenvalue weighted by atomic mass is 16.4. The first kappa shape index (κ1) is 17.6. The van der Waals surface area contributed by atoms with Crippen LogP contribution in [0, 0.1) is 0 Å². The van der Waals surface area contributed by atoms with Crippen LogP contribution in [0.1, 0.15) is 31.5 Å². The lowest BCUT2D eigenvalue weighted by Gasteiger charge is -2.03. The predicted molar refractivity (Wildman–Crippen MR) is 74.5 cm³/mol. The summed E-state index contributed by atoms with van der Waals surface area (Å²) >= 11 is 0. The van der Waals surface area contributed by atoms with Gasteiger partial charge in [-0.1, -0.05) is 6.42 Å². The molecule has 0 saturated carbocycles. The van der Waals surface area contributed by atoms with Gasteiger partial charge in [-0.15, -0.1) is 0 Å². The number of unbranched alkanes of at least 4 members (excludes halogenated alkanes) is 1. The maximum atomic E-state index is 10.1. The van der Waals surface area contributed by atoms with Gasteiger partial charge in [-0.05, 0) is 32.4 Å². The fraction of sp³-hybridized carbons (Fsp3) is 0.667. The number of carbonyl (C=O) groups is 1. The molecule has 1 aromatic heterocycles. The Morgan fingerprint density at radius 1 is 1.32 bits per heavy atom. The van der Waals surface area contributed by atoms with Crippen molar-refractivity contribution in [1.82, 2.24) is 9.97 Å². The largest absolute Gasteiger partial charge is 0.480 e. The van der Waals surface area contributed by atoms with Crippen LogP contribution < -0.4 is 17.2 Å². The summed E-state index contributed by atoms with van der Waals surface area (Å²) < 4.78 is 0. The van der Waals surface area contributed by atoms with Gasteiger partial charge in [-0.3, -0.25) is 4.79 Å². The average molecular weight is 271 g/mol. The van der Waals surface area contributed by atoms with Gasteiger partial charge in [0.1, 0.15) is 11.9 Å². The van der Waals surface area contributed by atoms with Crippen LogP contribution in [-0.2, 0) is 11.2 Å². The number of aryl methyl sites for hydroxylation is 1. The van der Waals surface area contributed by atoms with E-state index in [2.05, 4.69) is 9.97 Å². The van der Waals surface area contributed by atoms with Crippen molar-refractivity contribution >= 4 is 5.97 Å². The Balaban J connectivity index is 0.000000342. The van der Waals surface area contributed by atoms with Crippen LogP contribution in [0.15, 0.2) is 12.4 Å². The highest BCUT2D eigenvalue weighted by Crippen LogP contribution is 1.97. The number of hydrogen-bond donors (Lipinski definition) is 5. The molecule has 7 heteroatoms. The third-order valence-corrected chi connectivity index (χ3v) is 2.46. The average Bonchev–Trinajstić information content (AvgIpc) is 2.90. The molecule has 1 aromatic rings. The Kier molecular flexibility index (Phi) is 10.8. The van der Waals surface area contributed by atoms with E-state index in [1.807, 2.05) is 6.20 Å². The maximum absolute atomic E-state index is 10.1. The minimum atomic E-state index is -0.933. The molecule has 0 bridgehead atoms. The molecule has 0 spiro atoms. The van der Waals surface area contributed by atoms with Crippen molar-refractivity contribution in [2.75, 3.05) is 13.1 Å².